The van der Waals surface area contributed by atoms with Crippen LogP contribution in [0.5, 0.6) is 0 Å². The Morgan fingerprint density at radius 3 is 2.46 bits per heavy atom. The van der Waals surface area contributed by atoms with E-state index in [1.807, 2.05) is 6.92 Å². The van der Waals surface area contributed by atoms with Crippen molar-refractivity contribution in [2.24, 2.45) is 5.92 Å². The number of piperazine rings is 1. The maximum atomic E-state index is 12.8. The van der Waals surface area contributed by atoms with Crippen LogP contribution in [-0.4, -0.2) is 84.6 Å². The highest BCUT2D eigenvalue weighted by molar-refractivity contribution is 5.93. The van der Waals surface area contributed by atoms with E-state index in [4.69, 9.17) is 4.74 Å². The zero-order valence-electron chi connectivity index (χ0n) is 15.6. The number of aromatic nitrogens is 2. The van der Waals surface area contributed by atoms with Gasteiger partial charge in [0.05, 0.1) is 12.5 Å². The molecule has 0 spiro atoms. The van der Waals surface area contributed by atoms with Gasteiger partial charge in [-0.25, -0.2) is 9.97 Å². The molecule has 2 fully saturated rings. The highest BCUT2D eigenvalue weighted by Crippen LogP contribution is 2.21. The van der Waals surface area contributed by atoms with Gasteiger partial charge in [-0.3, -0.25) is 9.59 Å². The van der Waals surface area contributed by atoms with E-state index >= 15 is 0 Å². The Hall–Kier alpha value is -2.22. The van der Waals surface area contributed by atoms with Crippen molar-refractivity contribution < 1.29 is 14.3 Å². The summed E-state index contributed by atoms with van der Waals surface area (Å²) in [5.41, 5.74) is 0.420. The summed E-state index contributed by atoms with van der Waals surface area (Å²) in [6, 6.07) is 1.78. The summed E-state index contributed by atoms with van der Waals surface area (Å²) in [4.78, 5) is 39.4. The van der Waals surface area contributed by atoms with Gasteiger partial charge in [-0.1, -0.05) is 0 Å². The SMILES string of the molecule is CCOC(=O)C1CCN(C(=O)c2cc(N3CCN(C)CC3)ncn2)CC1. The topological polar surface area (TPSA) is 78.9 Å². The Bertz CT molecular complexity index is 637. The van der Waals surface area contributed by atoms with Gasteiger partial charge in [-0.05, 0) is 26.8 Å². The molecule has 0 aromatic carbocycles. The Kier molecular flexibility index (Phi) is 6.03. The standard InChI is InChI=1S/C18H27N5O3/c1-3-26-18(25)14-4-6-23(7-5-14)17(24)15-12-16(20-13-19-15)22-10-8-21(2)9-11-22/h12-14H,3-11H2,1-2H3. The lowest BCUT2D eigenvalue weighted by Crippen LogP contribution is -2.45. The van der Waals surface area contributed by atoms with Crippen molar-refractivity contribution in [1.29, 1.82) is 0 Å². The summed E-state index contributed by atoms with van der Waals surface area (Å²) < 4.78 is 5.08. The number of ether oxygens (including phenoxy) is 1. The molecule has 0 bridgehead atoms. The van der Waals surface area contributed by atoms with Crippen LogP contribution in [0, 0.1) is 5.92 Å². The highest BCUT2D eigenvalue weighted by atomic mass is 16.5. The highest BCUT2D eigenvalue weighted by Gasteiger charge is 2.29. The van der Waals surface area contributed by atoms with E-state index in [9.17, 15) is 9.59 Å². The van der Waals surface area contributed by atoms with Crippen LogP contribution >= 0.6 is 0 Å². The summed E-state index contributed by atoms with van der Waals surface area (Å²) >= 11 is 0. The van der Waals surface area contributed by atoms with Crippen LogP contribution in [0.25, 0.3) is 0 Å². The molecule has 2 aliphatic heterocycles. The number of rotatable bonds is 4. The van der Waals surface area contributed by atoms with Crippen LogP contribution in [0.2, 0.25) is 0 Å². The first-order valence-electron chi connectivity index (χ1n) is 9.30. The molecule has 0 aliphatic carbocycles. The van der Waals surface area contributed by atoms with Gasteiger partial charge >= 0.3 is 5.97 Å². The third kappa shape index (κ3) is 4.30. The normalized spacial score (nSPS) is 19.5. The molecule has 1 amide bonds. The van der Waals surface area contributed by atoms with E-state index in [2.05, 4.69) is 26.8 Å². The van der Waals surface area contributed by atoms with Crippen molar-refractivity contribution in [3.63, 3.8) is 0 Å². The fraction of sp³-hybridized carbons (Fsp3) is 0.667. The number of likely N-dealkylation sites (N-methyl/N-ethyl adjacent to an activating group) is 1. The van der Waals surface area contributed by atoms with Crippen LogP contribution in [0.1, 0.15) is 30.3 Å². The number of hydrogen-bond donors (Lipinski definition) is 0. The van der Waals surface area contributed by atoms with E-state index in [0.29, 0.717) is 38.2 Å². The van der Waals surface area contributed by atoms with Crippen molar-refractivity contribution in [3.8, 4) is 0 Å². The smallest absolute Gasteiger partial charge is 0.309 e. The molecule has 8 nitrogen and oxygen atoms in total. The largest absolute Gasteiger partial charge is 0.466 e. The van der Waals surface area contributed by atoms with Gasteiger partial charge in [0.1, 0.15) is 17.8 Å². The van der Waals surface area contributed by atoms with Gasteiger partial charge in [0, 0.05) is 45.3 Å². The second-order valence-electron chi connectivity index (χ2n) is 6.87. The van der Waals surface area contributed by atoms with E-state index in [1.165, 1.54) is 6.33 Å². The van der Waals surface area contributed by atoms with Gasteiger partial charge in [0.25, 0.3) is 5.91 Å². The third-order valence-electron chi connectivity index (χ3n) is 5.10. The molecule has 142 valence electrons. The van der Waals surface area contributed by atoms with Crippen molar-refractivity contribution >= 4 is 17.7 Å². The number of carbonyl (C=O) groups excluding carboxylic acids is 2. The maximum absolute atomic E-state index is 12.8. The summed E-state index contributed by atoms with van der Waals surface area (Å²) in [6.07, 6.45) is 2.74. The molecule has 3 heterocycles. The summed E-state index contributed by atoms with van der Waals surface area (Å²) in [5, 5.41) is 0. The van der Waals surface area contributed by atoms with Crippen LogP contribution in [-0.2, 0) is 9.53 Å². The zero-order valence-corrected chi connectivity index (χ0v) is 15.6. The Morgan fingerprint density at radius 1 is 1.12 bits per heavy atom. The molecule has 8 heteroatoms. The van der Waals surface area contributed by atoms with Crippen molar-refractivity contribution in [2.75, 3.05) is 57.8 Å². The molecular formula is C18H27N5O3. The van der Waals surface area contributed by atoms with E-state index < -0.39 is 0 Å². The van der Waals surface area contributed by atoms with Crippen LogP contribution in [0.15, 0.2) is 12.4 Å². The Labute approximate surface area is 154 Å². The van der Waals surface area contributed by atoms with Gasteiger partial charge in [0.2, 0.25) is 0 Å². The fourth-order valence-corrected chi connectivity index (χ4v) is 3.41. The van der Waals surface area contributed by atoms with Crippen molar-refractivity contribution in [2.45, 2.75) is 19.8 Å². The minimum Gasteiger partial charge on any atom is -0.466 e. The molecule has 1 aromatic heterocycles. The van der Waals surface area contributed by atoms with Crippen molar-refractivity contribution in [3.05, 3.63) is 18.1 Å². The summed E-state index contributed by atoms with van der Waals surface area (Å²) in [7, 11) is 2.10. The van der Waals surface area contributed by atoms with E-state index in [1.54, 1.807) is 11.0 Å². The monoisotopic (exact) mass is 361 g/mol. The number of likely N-dealkylation sites (tertiary alicyclic amines) is 1. The molecular weight excluding hydrogens is 334 g/mol. The Morgan fingerprint density at radius 2 is 1.81 bits per heavy atom. The molecule has 0 unspecified atom stereocenters. The van der Waals surface area contributed by atoms with E-state index in [-0.39, 0.29) is 17.8 Å². The molecule has 26 heavy (non-hydrogen) atoms. The average molecular weight is 361 g/mol. The van der Waals surface area contributed by atoms with Gasteiger partial charge < -0.3 is 19.4 Å². The molecule has 0 atom stereocenters. The number of carbonyl (C=O) groups is 2. The van der Waals surface area contributed by atoms with Crippen LogP contribution < -0.4 is 4.90 Å². The second kappa shape index (κ2) is 8.44. The predicted octanol–water partition coefficient (Wildman–Crippen LogP) is 0.644. The van der Waals surface area contributed by atoms with Crippen molar-refractivity contribution in [1.82, 2.24) is 19.8 Å². The Balaban J connectivity index is 1.60. The zero-order chi connectivity index (χ0) is 18.5. The first kappa shape index (κ1) is 18.6. The lowest BCUT2D eigenvalue weighted by Gasteiger charge is -2.33. The third-order valence-corrected chi connectivity index (χ3v) is 5.10. The second-order valence-corrected chi connectivity index (χ2v) is 6.87. The van der Waals surface area contributed by atoms with Gasteiger partial charge in [0.15, 0.2) is 0 Å². The fourth-order valence-electron chi connectivity index (χ4n) is 3.41. The number of esters is 1. The summed E-state index contributed by atoms with van der Waals surface area (Å²) in [6.45, 7) is 7.06. The molecule has 0 radical (unpaired) electrons. The van der Waals surface area contributed by atoms with Gasteiger partial charge in [-0.2, -0.15) is 0 Å². The molecule has 2 saturated heterocycles. The number of anilines is 1. The average Bonchev–Trinajstić information content (AvgIpc) is 2.68. The molecule has 0 N–H and O–H groups in total. The minimum atomic E-state index is -0.154. The quantitative estimate of drug-likeness (QED) is 0.728. The number of piperidine rings is 1. The molecule has 3 rings (SSSR count). The number of amides is 1. The van der Waals surface area contributed by atoms with Gasteiger partial charge in [-0.15, -0.1) is 0 Å². The van der Waals surface area contributed by atoms with E-state index in [0.717, 1.165) is 32.0 Å². The lowest BCUT2D eigenvalue weighted by molar-refractivity contribution is -0.149. The predicted molar refractivity (Wildman–Crippen MR) is 97.0 cm³/mol. The lowest BCUT2D eigenvalue weighted by atomic mass is 9.97. The molecule has 1 aromatic rings. The first-order chi connectivity index (χ1) is 12.6. The van der Waals surface area contributed by atoms with Crippen LogP contribution in [0.3, 0.4) is 0 Å². The number of hydrogen-bond acceptors (Lipinski definition) is 7. The maximum Gasteiger partial charge on any atom is 0.309 e. The first-order valence-corrected chi connectivity index (χ1v) is 9.30. The van der Waals surface area contributed by atoms with Crippen LogP contribution in [0.4, 0.5) is 5.82 Å². The molecule has 2 aliphatic rings. The number of nitrogens with zero attached hydrogens (tertiary/aromatic N) is 5. The molecule has 0 saturated carbocycles. The summed E-state index contributed by atoms with van der Waals surface area (Å²) in [5.74, 6) is 0.451. The minimum absolute atomic E-state index is 0.0925.